The number of aliphatic hydroxyl groups is 1. The van der Waals surface area contributed by atoms with E-state index in [0.29, 0.717) is 5.66 Å². The van der Waals surface area contributed by atoms with Crippen LogP contribution in [0, 0.1) is 62.9 Å². The van der Waals surface area contributed by atoms with Crippen LogP contribution in [0.3, 0.4) is 0 Å². The minimum atomic E-state index is -0.511. The molecule has 4 aliphatic rings. The quantitative estimate of drug-likeness (QED) is 0.236. The van der Waals surface area contributed by atoms with Crippen molar-refractivity contribution in [1.82, 2.24) is 0 Å². The van der Waals surface area contributed by atoms with Gasteiger partial charge in [-0.15, -0.1) is 0 Å². The Balaban J connectivity index is 0.000000473. The zero-order valence-electron chi connectivity index (χ0n) is 25.6. The number of aliphatic hydroxyl groups excluding tert-OH is 1. The summed E-state index contributed by atoms with van der Waals surface area (Å²) in [6.07, 6.45) is 32.1. The molecule has 224 valence electrons. The Labute approximate surface area is 272 Å². The third kappa shape index (κ3) is 10.7. The Morgan fingerprint density at radius 2 is 1.05 bits per heavy atom. The van der Waals surface area contributed by atoms with Crippen molar-refractivity contribution in [3.8, 4) is 0 Å². The maximum atomic E-state index is 7.57. The molecule has 10 radical (unpaired) electrons. The molecule has 42 heavy (non-hydrogen) atoms. The van der Waals surface area contributed by atoms with Gasteiger partial charge in [-0.3, -0.25) is 0 Å². The number of rotatable bonds is 7. The fourth-order valence-electron chi connectivity index (χ4n) is 6.73. The van der Waals surface area contributed by atoms with Gasteiger partial charge in [-0.05, 0) is 125 Å². The largest absolute Gasteiger partial charge is 2.00 e. The summed E-state index contributed by atoms with van der Waals surface area (Å²) in [6.45, 7) is 4.55. The van der Waals surface area contributed by atoms with E-state index in [1.807, 2.05) is 32.1 Å². The Morgan fingerprint density at radius 1 is 0.643 bits per heavy atom. The van der Waals surface area contributed by atoms with Gasteiger partial charge in [0, 0.05) is 12.3 Å². The summed E-state index contributed by atoms with van der Waals surface area (Å²) in [5, 5.41) is 10.5. The molecule has 1 nitrogen and oxygen atoms in total. The average molecular weight is 641 g/mol. The maximum Gasteiger partial charge on any atom is 2.00 e. The zero-order valence-corrected chi connectivity index (χ0v) is 28.5. The van der Waals surface area contributed by atoms with Crippen LogP contribution in [0.15, 0.2) is 60.7 Å². The van der Waals surface area contributed by atoms with Crippen molar-refractivity contribution in [3.05, 3.63) is 124 Å². The molecule has 1 N–H and O–H groups in total. The standard InChI is InChI=1S/C31H39P2.C5H5.C2H6O.Fe/c1-25(32(26-15-6-2-7-16-26)27-17-8-3-9-18-27)30-23-14-24-31(30)33(28-19-10-4-11-20-28)29-21-12-5-13-22-29;1-2-4-5-3-1;1-2-3;/h4-5,10-14,19-27H,2-3,6-9,15-18H2,1H3;1-5H;3H,2H2,1H3;/q;;;+2/t25-;;;/m1.../s1. The average Bonchev–Trinajstić information content (AvgIpc) is 3.77. The van der Waals surface area contributed by atoms with Gasteiger partial charge in [0.2, 0.25) is 0 Å². The van der Waals surface area contributed by atoms with Gasteiger partial charge in [-0.1, -0.05) is 114 Å². The fraction of sp³-hybridized carbons (Fsp3) is 0.421. The van der Waals surface area contributed by atoms with Gasteiger partial charge in [0.25, 0.3) is 0 Å². The number of benzene rings is 2. The first-order valence-electron chi connectivity index (χ1n) is 15.9. The van der Waals surface area contributed by atoms with E-state index in [4.69, 9.17) is 5.11 Å². The molecule has 2 aromatic rings. The fourth-order valence-corrected chi connectivity index (χ4v) is 13.7. The molecular weight excluding hydrogens is 590 g/mol. The molecule has 4 heteroatoms. The van der Waals surface area contributed by atoms with Gasteiger partial charge in [-0.2, -0.15) is 0 Å². The van der Waals surface area contributed by atoms with Gasteiger partial charge < -0.3 is 5.11 Å². The second-order valence-electron chi connectivity index (χ2n) is 11.4. The van der Waals surface area contributed by atoms with Crippen molar-refractivity contribution in [3.63, 3.8) is 0 Å². The van der Waals surface area contributed by atoms with Crippen molar-refractivity contribution in [2.75, 3.05) is 6.61 Å². The van der Waals surface area contributed by atoms with E-state index in [2.05, 4.69) is 86.8 Å². The van der Waals surface area contributed by atoms with Gasteiger partial charge >= 0.3 is 17.1 Å². The molecule has 0 amide bonds. The molecular formula is C38H50FeOP2+2. The predicted octanol–water partition coefficient (Wildman–Crippen LogP) is 9.41. The van der Waals surface area contributed by atoms with E-state index >= 15 is 0 Å². The molecule has 4 fully saturated rings. The van der Waals surface area contributed by atoms with Crippen LogP contribution in [0.1, 0.15) is 78.1 Å². The van der Waals surface area contributed by atoms with Crippen LogP contribution >= 0.6 is 15.8 Å². The van der Waals surface area contributed by atoms with E-state index < -0.39 is 7.92 Å². The molecule has 0 heterocycles. The van der Waals surface area contributed by atoms with Crippen molar-refractivity contribution < 1.29 is 22.2 Å². The number of hydrogen-bond donors (Lipinski definition) is 1. The minimum absolute atomic E-state index is 0. The summed E-state index contributed by atoms with van der Waals surface area (Å²) in [5.74, 6) is 1.68. The summed E-state index contributed by atoms with van der Waals surface area (Å²) in [5.41, 5.74) is 4.33. The topological polar surface area (TPSA) is 20.2 Å². The van der Waals surface area contributed by atoms with E-state index in [0.717, 1.165) is 11.3 Å². The van der Waals surface area contributed by atoms with Crippen LogP contribution in [0.4, 0.5) is 0 Å². The minimum Gasteiger partial charge on any atom is -0.397 e. The maximum absolute atomic E-state index is 7.57. The summed E-state index contributed by atoms with van der Waals surface area (Å²) in [7, 11) is -0.489. The van der Waals surface area contributed by atoms with Crippen molar-refractivity contribution >= 4 is 26.5 Å². The molecule has 0 bridgehead atoms. The molecule has 0 spiro atoms. The first kappa shape index (κ1) is 36.2. The Hall–Kier alpha value is -0.221. The second-order valence-corrected chi connectivity index (χ2v) is 16.7. The van der Waals surface area contributed by atoms with E-state index in [1.165, 1.54) is 74.8 Å². The van der Waals surface area contributed by atoms with Crippen LogP contribution in [-0.2, 0) is 17.1 Å². The van der Waals surface area contributed by atoms with Crippen LogP contribution < -0.4 is 10.6 Å². The third-order valence-electron chi connectivity index (χ3n) is 8.54. The smallest absolute Gasteiger partial charge is 0.397 e. The van der Waals surface area contributed by atoms with E-state index in [9.17, 15) is 0 Å². The number of hydrogen-bond acceptors (Lipinski definition) is 1. The monoisotopic (exact) mass is 640 g/mol. The van der Waals surface area contributed by atoms with Crippen LogP contribution in [0.5, 0.6) is 0 Å². The molecule has 1 atom stereocenters. The Bertz CT molecular complexity index is 860. The van der Waals surface area contributed by atoms with Crippen LogP contribution in [0.25, 0.3) is 0 Å². The van der Waals surface area contributed by atoms with Crippen molar-refractivity contribution in [1.29, 1.82) is 0 Å². The molecule has 4 saturated carbocycles. The molecule has 0 aliphatic heterocycles. The van der Waals surface area contributed by atoms with Crippen molar-refractivity contribution in [2.24, 2.45) is 0 Å². The van der Waals surface area contributed by atoms with E-state index in [-0.39, 0.29) is 31.6 Å². The molecule has 4 aliphatic carbocycles. The predicted molar refractivity (Wildman–Crippen MR) is 183 cm³/mol. The first-order chi connectivity index (χ1) is 20.2. The Morgan fingerprint density at radius 3 is 1.45 bits per heavy atom. The molecule has 6 rings (SSSR count). The van der Waals surface area contributed by atoms with Gasteiger partial charge in [0.05, 0.1) is 0 Å². The molecule has 0 aromatic heterocycles. The zero-order chi connectivity index (χ0) is 28.7. The molecule has 2 aromatic carbocycles. The normalized spacial score (nSPS) is 21.3. The third-order valence-corrected chi connectivity index (χ3v) is 15.0. The molecule has 0 saturated heterocycles. The molecule has 0 unspecified atom stereocenters. The van der Waals surface area contributed by atoms with Crippen LogP contribution in [-0.4, -0.2) is 28.7 Å². The summed E-state index contributed by atoms with van der Waals surface area (Å²) in [4.78, 5) is 0. The van der Waals surface area contributed by atoms with Crippen molar-refractivity contribution in [2.45, 2.75) is 95.0 Å². The summed E-state index contributed by atoms with van der Waals surface area (Å²) >= 11 is 0. The second kappa shape index (κ2) is 20.7. The van der Waals surface area contributed by atoms with E-state index in [1.54, 1.807) is 18.5 Å². The summed E-state index contributed by atoms with van der Waals surface area (Å²) < 4.78 is 0. The van der Waals surface area contributed by atoms with Crippen LogP contribution in [0.2, 0.25) is 0 Å². The Kier molecular flexibility index (Phi) is 17.9. The van der Waals surface area contributed by atoms with Gasteiger partial charge in [0.15, 0.2) is 0 Å². The van der Waals surface area contributed by atoms with Gasteiger partial charge in [-0.25, -0.2) is 0 Å². The first-order valence-corrected chi connectivity index (χ1v) is 18.8. The SMILES string of the molecule is CCO.C[C@H]([C]1[CH][CH][CH][C]1P(c1ccccc1)c1ccccc1)P(C1CCCCC1)C1CCCCC1.[CH]1[CH][CH][CH][CH]1.[Fe+2]. The summed E-state index contributed by atoms with van der Waals surface area (Å²) in [6, 6.07) is 22.6. The van der Waals surface area contributed by atoms with Gasteiger partial charge in [0.1, 0.15) is 0 Å².